The number of nitrogens with two attached hydrogens (primary N) is 1. The van der Waals surface area contributed by atoms with Crippen molar-refractivity contribution in [2.45, 2.75) is 6.42 Å². The Kier molecular flexibility index (Phi) is 3.35. The molecule has 4 N–H and O–H groups in total. The molecular weight excluding hydrogens is 152 g/mol. The minimum absolute atomic E-state index is 0.621. The minimum Gasteiger partial charge on any atom is -0.384 e. The molecule has 0 atom stereocenters. The molecule has 1 aromatic rings. The predicted octanol–water partition coefficient (Wildman–Crippen LogP) is 0.615. The van der Waals surface area contributed by atoms with Crippen LogP contribution in [0.15, 0.2) is 12.3 Å². The van der Waals surface area contributed by atoms with E-state index in [4.69, 9.17) is 5.73 Å². The van der Waals surface area contributed by atoms with Gasteiger partial charge in [0.1, 0.15) is 5.82 Å². The fourth-order valence-corrected chi connectivity index (χ4v) is 0.876. The van der Waals surface area contributed by atoms with Gasteiger partial charge in [-0.2, -0.15) is 5.10 Å². The Morgan fingerprint density at radius 3 is 3.17 bits per heavy atom. The first-order valence-corrected chi connectivity index (χ1v) is 3.94. The van der Waals surface area contributed by atoms with Crippen LogP contribution >= 0.6 is 0 Å². The van der Waals surface area contributed by atoms with Crippen LogP contribution in [-0.4, -0.2) is 23.8 Å². The van der Waals surface area contributed by atoms with Crippen molar-refractivity contribution >= 4 is 11.9 Å². The first-order valence-electron chi connectivity index (χ1n) is 3.94. The van der Waals surface area contributed by atoms with E-state index in [9.17, 15) is 0 Å². The zero-order valence-corrected chi connectivity index (χ0v) is 7.17. The maximum atomic E-state index is 5.57. The number of nitrogens with zero attached hydrogens (tertiary/aromatic N) is 1. The molecule has 4 nitrogen and oxygen atoms in total. The van der Waals surface area contributed by atoms with Crippen LogP contribution in [0.3, 0.4) is 0 Å². The van der Waals surface area contributed by atoms with Crippen molar-refractivity contribution in [3.05, 3.63) is 17.8 Å². The molecule has 0 saturated heterocycles. The van der Waals surface area contributed by atoms with Crippen molar-refractivity contribution < 1.29 is 0 Å². The summed E-state index contributed by atoms with van der Waals surface area (Å²) in [4.78, 5) is 0. The van der Waals surface area contributed by atoms with E-state index < -0.39 is 0 Å². The van der Waals surface area contributed by atoms with Crippen LogP contribution in [-0.2, 0) is 0 Å². The topological polar surface area (TPSA) is 66.7 Å². The fourth-order valence-electron chi connectivity index (χ4n) is 0.876. The molecule has 0 radical (unpaired) electrons. The van der Waals surface area contributed by atoms with Gasteiger partial charge in [0.15, 0.2) is 0 Å². The average molecular weight is 166 g/mol. The van der Waals surface area contributed by atoms with Gasteiger partial charge in [-0.15, -0.1) is 0 Å². The van der Waals surface area contributed by atoms with Gasteiger partial charge in [-0.1, -0.05) is 12.2 Å². The van der Waals surface area contributed by atoms with E-state index in [2.05, 4.69) is 21.6 Å². The van der Waals surface area contributed by atoms with Gasteiger partial charge in [0, 0.05) is 5.56 Å². The van der Waals surface area contributed by atoms with Gasteiger partial charge in [0.2, 0.25) is 0 Å². The Bertz CT molecular complexity index is 251. The Morgan fingerprint density at radius 2 is 2.58 bits per heavy atom. The van der Waals surface area contributed by atoms with Crippen LogP contribution in [0.25, 0.3) is 6.08 Å². The smallest absolute Gasteiger partial charge is 0.126 e. The van der Waals surface area contributed by atoms with Crippen LogP contribution in [0.5, 0.6) is 0 Å². The summed E-state index contributed by atoms with van der Waals surface area (Å²) in [7, 11) is 1.93. The molecule has 1 heterocycles. The molecule has 0 amide bonds. The third-order valence-electron chi connectivity index (χ3n) is 1.56. The molecule has 4 heteroatoms. The number of hydrogen-bond acceptors (Lipinski definition) is 3. The normalized spacial score (nSPS) is 11.1. The summed E-state index contributed by atoms with van der Waals surface area (Å²) in [6.45, 7) is 0.980. The van der Waals surface area contributed by atoms with Gasteiger partial charge < -0.3 is 11.1 Å². The Labute approximate surface area is 71.9 Å². The lowest BCUT2D eigenvalue weighted by Crippen LogP contribution is -2.05. The van der Waals surface area contributed by atoms with E-state index in [1.54, 1.807) is 6.20 Å². The van der Waals surface area contributed by atoms with Crippen LogP contribution in [0.4, 0.5) is 5.82 Å². The van der Waals surface area contributed by atoms with E-state index in [1.165, 1.54) is 0 Å². The van der Waals surface area contributed by atoms with Gasteiger partial charge in [0.25, 0.3) is 0 Å². The van der Waals surface area contributed by atoms with E-state index in [1.807, 2.05) is 13.1 Å². The highest BCUT2D eigenvalue weighted by molar-refractivity contribution is 5.59. The number of nitrogen functional groups attached to an aromatic ring is 1. The second-order valence-electron chi connectivity index (χ2n) is 2.53. The molecule has 1 rings (SSSR count). The number of hydrogen-bond donors (Lipinski definition) is 3. The summed E-state index contributed by atoms with van der Waals surface area (Å²) in [6, 6.07) is 0. The lowest BCUT2D eigenvalue weighted by Gasteiger charge is -1.91. The number of aromatic amines is 1. The van der Waals surface area contributed by atoms with Crippen molar-refractivity contribution in [3.8, 4) is 0 Å². The second-order valence-corrected chi connectivity index (χ2v) is 2.53. The summed E-state index contributed by atoms with van der Waals surface area (Å²) >= 11 is 0. The number of H-pyrrole nitrogens is 1. The largest absolute Gasteiger partial charge is 0.384 e. The fraction of sp³-hybridized carbons (Fsp3) is 0.375. The van der Waals surface area contributed by atoms with Gasteiger partial charge in [-0.25, -0.2) is 0 Å². The van der Waals surface area contributed by atoms with Crippen LogP contribution in [0.1, 0.15) is 12.0 Å². The van der Waals surface area contributed by atoms with Crippen molar-refractivity contribution in [1.29, 1.82) is 0 Å². The first kappa shape index (κ1) is 8.80. The maximum Gasteiger partial charge on any atom is 0.126 e. The van der Waals surface area contributed by atoms with Gasteiger partial charge in [-0.05, 0) is 20.0 Å². The Balaban J connectivity index is 2.41. The summed E-state index contributed by atoms with van der Waals surface area (Å²) < 4.78 is 0. The molecule has 0 aliphatic heterocycles. The van der Waals surface area contributed by atoms with E-state index in [0.717, 1.165) is 18.5 Å². The standard InChI is InChI=1S/C8H14N4/c1-10-5-3-2-4-7-6-11-12-8(7)9/h2,4,6,10H,3,5H2,1H3,(H3,9,11,12). The van der Waals surface area contributed by atoms with Crippen LogP contribution in [0, 0.1) is 0 Å². The van der Waals surface area contributed by atoms with Crippen molar-refractivity contribution in [1.82, 2.24) is 15.5 Å². The molecule has 1 aromatic heterocycles. The molecule has 66 valence electrons. The third kappa shape index (κ3) is 2.39. The second kappa shape index (κ2) is 4.56. The Morgan fingerprint density at radius 1 is 1.75 bits per heavy atom. The van der Waals surface area contributed by atoms with E-state index >= 15 is 0 Å². The number of nitrogens with one attached hydrogen (secondary N) is 2. The van der Waals surface area contributed by atoms with Crippen LogP contribution < -0.4 is 11.1 Å². The number of aromatic nitrogens is 2. The summed E-state index contributed by atoms with van der Waals surface area (Å²) in [5.74, 6) is 0.621. The van der Waals surface area contributed by atoms with Gasteiger partial charge in [-0.3, -0.25) is 5.10 Å². The first-order chi connectivity index (χ1) is 5.84. The van der Waals surface area contributed by atoms with E-state index in [-0.39, 0.29) is 0 Å². The zero-order valence-electron chi connectivity index (χ0n) is 7.17. The molecular formula is C8H14N4. The Hall–Kier alpha value is -1.29. The SMILES string of the molecule is CNCCC=Cc1cn[nH]c1N. The lowest BCUT2D eigenvalue weighted by atomic mass is 10.2. The molecule has 0 spiro atoms. The molecule has 0 aromatic carbocycles. The monoisotopic (exact) mass is 166 g/mol. The maximum absolute atomic E-state index is 5.57. The van der Waals surface area contributed by atoms with Crippen molar-refractivity contribution in [2.24, 2.45) is 0 Å². The predicted molar refractivity (Wildman–Crippen MR) is 50.6 cm³/mol. The lowest BCUT2D eigenvalue weighted by molar-refractivity contribution is 0.809. The number of anilines is 1. The van der Waals surface area contributed by atoms with Gasteiger partial charge >= 0.3 is 0 Å². The molecule has 0 fully saturated rings. The molecule has 0 unspecified atom stereocenters. The third-order valence-corrected chi connectivity index (χ3v) is 1.56. The van der Waals surface area contributed by atoms with Crippen LogP contribution in [0.2, 0.25) is 0 Å². The molecule has 0 aliphatic carbocycles. The van der Waals surface area contributed by atoms with Crippen molar-refractivity contribution in [3.63, 3.8) is 0 Å². The molecule has 0 bridgehead atoms. The molecule has 0 aliphatic rings. The number of rotatable bonds is 4. The van der Waals surface area contributed by atoms with Crippen molar-refractivity contribution in [2.75, 3.05) is 19.3 Å². The zero-order chi connectivity index (χ0) is 8.81. The average Bonchev–Trinajstić information content (AvgIpc) is 2.46. The highest BCUT2D eigenvalue weighted by Crippen LogP contribution is 2.07. The summed E-state index contributed by atoms with van der Waals surface area (Å²) in [5.41, 5.74) is 6.52. The highest BCUT2D eigenvalue weighted by Gasteiger charge is 1.93. The molecule has 0 saturated carbocycles. The minimum atomic E-state index is 0.621. The summed E-state index contributed by atoms with van der Waals surface area (Å²) in [5, 5.41) is 9.53. The molecule has 12 heavy (non-hydrogen) atoms. The quantitative estimate of drug-likeness (QED) is 0.574. The highest BCUT2D eigenvalue weighted by atomic mass is 15.1. The van der Waals surface area contributed by atoms with E-state index in [0.29, 0.717) is 5.82 Å². The summed E-state index contributed by atoms with van der Waals surface area (Å²) in [6.07, 6.45) is 6.75. The van der Waals surface area contributed by atoms with Gasteiger partial charge in [0.05, 0.1) is 6.20 Å².